The van der Waals surface area contributed by atoms with Gasteiger partial charge in [-0.2, -0.15) is 0 Å². The van der Waals surface area contributed by atoms with Crippen molar-refractivity contribution in [2.24, 2.45) is 0 Å². The van der Waals surface area contributed by atoms with E-state index in [1.54, 1.807) is 36.4 Å². The van der Waals surface area contributed by atoms with Crippen molar-refractivity contribution in [1.29, 1.82) is 0 Å². The van der Waals surface area contributed by atoms with Crippen LogP contribution >= 0.6 is 0 Å². The van der Waals surface area contributed by atoms with Crippen LogP contribution in [0.2, 0.25) is 0 Å². The Morgan fingerprint density at radius 1 is 0.788 bits per heavy atom. The molecule has 0 amide bonds. The largest absolute Gasteiger partial charge is 0.424 e. The highest BCUT2D eigenvalue weighted by molar-refractivity contribution is 5.91. The third kappa shape index (κ3) is 7.14. The highest BCUT2D eigenvalue weighted by Gasteiger charge is 2.10. The van der Waals surface area contributed by atoms with Crippen molar-refractivity contribution in [3.63, 3.8) is 0 Å². The molecule has 0 bridgehead atoms. The molecule has 0 aliphatic heterocycles. The van der Waals surface area contributed by atoms with E-state index in [1.807, 2.05) is 43.3 Å². The number of carbonyl (C=O) groups is 2. The molecule has 0 aromatic heterocycles. The second kappa shape index (κ2) is 10.9. The first-order valence-corrected chi connectivity index (χ1v) is 10.2. The summed E-state index contributed by atoms with van der Waals surface area (Å²) in [4.78, 5) is 24.5. The number of aryl methyl sites for hydroxylation is 1. The molecule has 0 atom stereocenters. The van der Waals surface area contributed by atoms with E-state index in [0.717, 1.165) is 22.8 Å². The average Bonchev–Trinajstić information content (AvgIpc) is 2.80. The summed E-state index contributed by atoms with van der Waals surface area (Å²) in [6, 6.07) is 21.4. The van der Waals surface area contributed by atoms with Gasteiger partial charge in [0.15, 0.2) is 0 Å². The lowest BCUT2D eigenvalue weighted by molar-refractivity contribution is 0.0637. The van der Waals surface area contributed by atoms with Crippen LogP contribution < -0.4 is 4.74 Å². The molecule has 0 fully saturated rings. The number of hydrogen-bond donors (Lipinski definition) is 0. The second-order valence-corrected chi connectivity index (χ2v) is 7.41. The third-order valence-corrected chi connectivity index (χ3v) is 4.69. The van der Waals surface area contributed by atoms with E-state index in [1.165, 1.54) is 6.08 Å². The van der Waals surface area contributed by atoms with Gasteiger partial charge in [0.05, 0.1) is 11.1 Å². The van der Waals surface area contributed by atoms with Crippen LogP contribution in [0, 0.1) is 6.92 Å². The summed E-state index contributed by atoms with van der Waals surface area (Å²) in [6.45, 7) is 8.59. The lowest BCUT2D eigenvalue weighted by Crippen LogP contribution is -2.08. The highest BCUT2D eigenvalue weighted by atomic mass is 19.1. The molecule has 0 N–H and O–H groups in total. The van der Waals surface area contributed by atoms with Crippen LogP contribution in [0.3, 0.4) is 0 Å². The van der Waals surface area contributed by atoms with E-state index in [2.05, 4.69) is 13.2 Å². The smallest absolute Gasteiger partial charge is 0.343 e. The first-order chi connectivity index (χ1) is 15.8. The van der Waals surface area contributed by atoms with Crippen LogP contribution in [0.4, 0.5) is 4.39 Å². The molecule has 0 saturated heterocycles. The number of allylic oxidation sites excluding steroid dienone is 3. The van der Waals surface area contributed by atoms with E-state index >= 15 is 0 Å². The molecule has 0 aliphatic carbocycles. The molecule has 0 radical (unpaired) electrons. The SMILES string of the molecule is C=C(F)C=CC(=C)OC(=O)c1ccc(Cc2ccc(C(=O)Oc3ccc(C)cc3)cc2)cc1. The predicted octanol–water partition coefficient (Wildman–Crippen LogP) is 6.51. The van der Waals surface area contributed by atoms with Crippen molar-refractivity contribution in [1.82, 2.24) is 0 Å². The lowest BCUT2D eigenvalue weighted by Gasteiger charge is -2.07. The Bertz CT molecular complexity index is 1190. The van der Waals surface area contributed by atoms with E-state index in [9.17, 15) is 14.0 Å². The fourth-order valence-electron chi connectivity index (χ4n) is 2.92. The van der Waals surface area contributed by atoms with Gasteiger partial charge < -0.3 is 9.47 Å². The Hall–Kier alpha value is -4.25. The minimum atomic E-state index is -0.659. The zero-order chi connectivity index (χ0) is 23.8. The molecule has 4 nitrogen and oxygen atoms in total. The molecule has 0 heterocycles. The van der Waals surface area contributed by atoms with Crippen molar-refractivity contribution in [3.05, 3.63) is 138 Å². The molecular formula is C28H23FO4. The summed E-state index contributed by atoms with van der Waals surface area (Å²) in [5.41, 5.74) is 3.88. The molecule has 0 unspecified atom stereocenters. The zero-order valence-electron chi connectivity index (χ0n) is 18.2. The average molecular weight is 442 g/mol. The van der Waals surface area contributed by atoms with Gasteiger partial charge >= 0.3 is 11.9 Å². The van der Waals surface area contributed by atoms with E-state index in [-0.39, 0.29) is 5.76 Å². The number of carbonyl (C=O) groups excluding carboxylic acids is 2. The molecule has 0 saturated carbocycles. The summed E-state index contributed by atoms with van der Waals surface area (Å²) in [5.74, 6) is -1.14. The van der Waals surface area contributed by atoms with E-state index in [0.29, 0.717) is 23.3 Å². The van der Waals surface area contributed by atoms with Crippen molar-refractivity contribution < 1.29 is 23.5 Å². The van der Waals surface area contributed by atoms with Gasteiger partial charge in [0.2, 0.25) is 0 Å². The van der Waals surface area contributed by atoms with E-state index < -0.39 is 17.8 Å². The van der Waals surface area contributed by atoms with Crippen LogP contribution in [0.5, 0.6) is 5.75 Å². The Balaban J connectivity index is 1.57. The molecule has 0 spiro atoms. The first kappa shape index (κ1) is 23.4. The summed E-state index contributed by atoms with van der Waals surface area (Å²) in [5, 5.41) is 0. The molecule has 33 heavy (non-hydrogen) atoms. The maximum atomic E-state index is 12.6. The maximum Gasteiger partial charge on any atom is 0.343 e. The number of hydrogen-bond acceptors (Lipinski definition) is 4. The highest BCUT2D eigenvalue weighted by Crippen LogP contribution is 2.16. The van der Waals surface area contributed by atoms with Crippen molar-refractivity contribution >= 4 is 11.9 Å². The monoisotopic (exact) mass is 442 g/mol. The minimum absolute atomic E-state index is 0.0175. The zero-order valence-corrected chi connectivity index (χ0v) is 18.2. The van der Waals surface area contributed by atoms with Gasteiger partial charge in [0, 0.05) is 0 Å². The predicted molar refractivity (Wildman–Crippen MR) is 126 cm³/mol. The van der Waals surface area contributed by atoms with Gasteiger partial charge in [0.1, 0.15) is 17.3 Å². The quantitative estimate of drug-likeness (QED) is 0.173. The summed E-state index contributed by atoms with van der Waals surface area (Å²) < 4.78 is 23.1. The summed E-state index contributed by atoms with van der Waals surface area (Å²) >= 11 is 0. The van der Waals surface area contributed by atoms with Gasteiger partial charge in [-0.15, -0.1) is 0 Å². The Labute approximate surface area is 192 Å². The van der Waals surface area contributed by atoms with Crippen LogP contribution in [0.15, 0.2) is 110 Å². The first-order valence-electron chi connectivity index (χ1n) is 10.2. The van der Waals surface area contributed by atoms with Crippen LogP contribution in [0.25, 0.3) is 0 Å². The molecule has 5 heteroatoms. The lowest BCUT2D eigenvalue weighted by atomic mass is 10.0. The van der Waals surface area contributed by atoms with Crippen molar-refractivity contribution in [2.75, 3.05) is 0 Å². The Kier molecular flexibility index (Phi) is 7.71. The topological polar surface area (TPSA) is 52.6 Å². The second-order valence-electron chi connectivity index (χ2n) is 7.41. The number of ether oxygens (including phenoxy) is 2. The minimum Gasteiger partial charge on any atom is -0.424 e. The van der Waals surface area contributed by atoms with Crippen LogP contribution in [0.1, 0.15) is 37.4 Å². The Morgan fingerprint density at radius 3 is 1.82 bits per heavy atom. The molecule has 0 aliphatic rings. The maximum absolute atomic E-state index is 12.6. The van der Waals surface area contributed by atoms with Crippen LogP contribution in [-0.2, 0) is 11.2 Å². The fraction of sp³-hybridized carbons (Fsp3) is 0.0714. The molecule has 3 rings (SSSR count). The number of benzene rings is 3. The van der Waals surface area contributed by atoms with Gasteiger partial charge in [-0.25, -0.2) is 14.0 Å². The molecular weight excluding hydrogens is 419 g/mol. The van der Waals surface area contributed by atoms with Crippen LogP contribution in [-0.4, -0.2) is 11.9 Å². The fourth-order valence-corrected chi connectivity index (χ4v) is 2.92. The number of esters is 2. The van der Waals surface area contributed by atoms with Crippen molar-refractivity contribution in [3.8, 4) is 5.75 Å². The Morgan fingerprint density at radius 2 is 1.30 bits per heavy atom. The summed E-state index contributed by atoms with van der Waals surface area (Å²) in [7, 11) is 0. The standard InChI is InChI=1S/C28H23FO4/c1-19-4-16-26(17-5-19)33-28(31)25-14-10-23(11-15-25)18-22-8-12-24(13-9-22)27(30)32-21(3)7-6-20(2)29/h4-17H,2-3,18H2,1H3. The number of halogens is 1. The van der Waals surface area contributed by atoms with Gasteiger partial charge in [-0.3, -0.25) is 0 Å². The third-order valence-electron chi connectivity index (χ3n) is 4.69. The molecule has 3 aromatic rings. The van der Waals surface area contributed by atoms with Gasteiger partial charge in [-0.05, 0) is 73.0 Å². The van der Waals surface area contributed by atoms with Gasteiger partial charge in [-0.1, -0.05) is 55.1 Å². The van der Waals surface area contributed by atoms with Crippen molar-refractivity contribution in [2.45, 2.75) is 13.3 Å². The van der Waals surface area contributed by atoms with E-state index in [4.69, 9.17) is 9.47 Å². The van der Waals surface area contributed by atoms with Gasteiger partial charge in [0.25, 0.3) is 0 Å². The summed E-state index contributed by atoms with van der Waals surface area (Å²) in [6.07, 6.45) is 2.91. The molecule has 166 valence electrons. The number of rotatable bonds is 8. The molecule has 3 aromatic carbocycles. The normalized spacial score (nSPS) is 10.6.